The summed E-state index contributed by atoms with van der Waals surface area (Å²) in [5.74, 6) is -5.06. The van der Waals surface area contributed by atoms with E-state index in [0.29, 0.717) is 17.4 Å². The van der Waals surface area contributed by atoms with Crippen LogP contribution >= 0.6 is 0 Å². The van der Waals surface area contributed by atoms with Gasteiger partial charge in [0.25, 0.3) is 5.91 Å². The van der Waals surface area contributed by atoms with Gasteiger partial charge in [-0.2, -0.15) is 8.78 Å². The number of amides is 1. The van der Waals surface area contributed by atoms with Crippen LogP contribution in [0.25, 0.3) is 11.2 Å². The third kappa shape index (κ3) is 6.24. The first-order chi connectivity index (χ1) is 16.1. The van der Waals surface area contributed by atoms with Crippen LogP contribution in [0.4, 0.5) is 22.0 Å². The first-order valence-corrected chi connectivity index (χ1v) is 9.74. The summed E-state index contributed by atoms with van der Waals surface area (Å²) in [5, 5.41) is 9.43. The lowest BCUT2D eigenvalue weighted by molar-refractivity contribution is -0.298. The molecular weight excluding hydrogens is 461 g/mol. The second-order valence-electron chi connectivity index (χ2n) is 6.82. The average molecular weight is 479 g/mol. The molecule has 0 saturated carbocycles. The quantitative estimate of drug-likeness (QED) is 0.344. The van der Waals surface area contributed by atoms with Gasteiger partial charge in [-0.1, -0.05) is 30.9 Å². The van der Waals surface area contributed by atoms with Crippen molar-refractivity contribution >= 4 is 22.8 Å². The van der Waals surface area contributed by atoms with Gasteiger partial charge in [0.1, 0.15) is 5.71 Å². The molecule has 0 aliphatic carbocycles. The fourth-order valence-electron chi connectivity index (χ4n) is 2.87. The molecule has 12 heteroatoms. The second kappa shape index (κ2) is 10.2. The Bertz CT molecular complexity index is 1220. The van der Waals surface area contributed by atoms with Crippen molar-refractivity contribution in [3.8, 4) is 0 Å². The van der Waals surface area contributed by atoms with Gasteiger partial charge in [0.05, 0.1) is 12.8 Å². The van der Waals surface area contributed by atoms with E-state index in [1.165, 1.54) is 36.7 Å². The predicted molar refractivity (Wildman–Crippen MR) is 115 cm³/mol. The number of nitrogens with zero attached hydrogens (tertiary/aromatic N) is 4. The number of carbonyl (C=O) groups is 1. The lowest BCUT2D eigenvalue weighted by Crippen LogP contribution is -2.39. The summed E-state index contributed by atoms with van der Waals surface area (Å²) in [7, 11) is 0. The number of hydrogen-bond donors (Lipinski definition) is 1. The highest BCUT2D eigenvalue weighted by molar-refractivity contribution is 6.39. The van der Waals surface area contributed by atoms with Crippen LogP contribution in [0.15, 0.2) is 78.8 Å². The molecule has 0 saturated heterocycles. The zero-order valence-electron chi connectivity index (χ0n) is 17.5. The molecule has 1 aliphatic heterocycles. The van der Waals surface area contributed by atoms with Crippen LogP contribution in [0.2, 0.25) is 0 Å². The van der Waals surface area contributed by atoms with E-state index in [1.807, 2.05) is 0 Å². The number of allylic oxidation sites excluding steroid dienone is 7. The topological polar surface area (TPSA) is 80.9 Å². The van der Waals surface area contributed by atoms with Gasteiger partial charge in [0.2, 0.25) is 5.82 Å². The number of alkyl halides is 5. The third-order valence-corrected chi connectivity index (χ3v) is 4.45. The largest absolute Gasteiger partial charge is 0.572 e. The maximum Gasteiger partial charge on any atom is 0.572 e. The number of hydrogen-bond acceptors (Lipinski definition) is 5. The van der Waals surface area contributed by atoms with Crippen LogP contribution in [-0.2, 0) is 15.5 Å². The highest BCUT2D eigenvalue weighted by atomic mass is 19.4. The molecule has 1 aliphatic rings. The number of nitrogens with one attached hydrogen (secondary N) is 1. The summed E-state index contributed by atoms with van der Waals surface area (Å²) < 4.78 is 70.7. The highest BCUT2D eigenvalue weighted by Gasteiger charge is 2.38. The van der Waals surface area contributed by atoms with Gasteiger partial charge in [-0.3, -0.25) is 14.2 Å². The summed E-state index contributed by atoms with van der Waals surface area (Å²) in [6, 6.07) is 2.93. The second-order valence-corrected chi connectivity index (χ2v) is 6.82. The monoisotopic (exact) mass is 479 g/mol. The van der Waals surface area contributed by atoms with E-state index < -0.39 is 30.6 Å². The molecule has 0 atom stereocenters. The zero-order valence-corrected chi connectivity index (χ0v) is 17.5. The van der Waals surface area contributed by atoms with Crippen molar-refractivity contribution in [1.82, 2.24) is 19.9 Å². The summed E-state index contributed by atoms with van der Waals surface area (Å²) in [6.45, 7) is 2.53. The molecule has 178 valence electrons. The van der Waals surface area contributed by atoms with Gasteiger partial charge in [-0.15, -0.1) is 23.4 Å². The summed E-state index contributed by atoms with van der Waals surface area (Å²) >= 11 is 0. The molecule has 1 N–H and O–H groups in total. The van der Waals surface area contributed by atoms with Crippen LogP contribution in [0.3, 0.4) is 0 Å². The smallest absolute Gasteiger partial charge is 0.414 e. The minimum Gasteiger partial charge on any atom is -0.414 e. The first kappa shape index (κ1) is 24.6. The summed E-state index contributed by atoms with van der Waals surface area (Å²) in [6.07, 6.45) is 7.03. The SMILES string of the molecule is C=C/C(=C\C=C\OC(F)(F)F)c1ccc2nnc(C(F)(F)CNC(=O)C3=NC=CC=CC3)n2c1. The third-order valence-electron chi connectivity index (χ3n) is 4.45. The lowest BCUT2D eigenvalue weighted by Gasteiger charge is -2.16. The minimum atomic E-state index is -4.83. The Kier molecular flexibility index (Phi) is 7.39. The Morgan fingerprint density at radius 3 is 2.74 bits per heavy atom. The fraction of sp³-hybridized carbons (Fsp3) is 0.182. The number of aliphatic imine (C=N–C) groups is 1. The Labute approximate surface area is 190 Å². The molecule has 2 aromatic heterocycles. The van der Waals surface area contributed by atoms with Crippen LogP contribution in [0, 0.1) is 0 Å². The molecule has 0 spiro atoms. The molecule has 7 nitrogen and oxygen atoms in total. The maximum absolute atomic E-state index is 14.9. The number of halogens is 5. The van der Waals surface area contributed by atoms with Crippen molar-refractivity contribution in [1.29, 1.82) is 0 Å². The lowest BCUT2D eigenvalue weighted by atomic mass is 10.1. The van der Waals surface area contributed by atoms with E-state index >= 15 is 0 Å². The first-order valence-electron chi connectivity index (χ1n) is 9.74. The Hall–Kier alpha value is -4.09. The Morgan fingerprint density at radius 2 is 2.00 bits per heavy atom. The molecule has 0 unspecified atom stereocenters. The average Bonchev–Trinajstić information content (AvgIpc) is 3.03. The molecule has 0 bridgehead atoms. The normalized spacial score (nSPS) is 14.9. The van der Waals surface area contributed by atoms with E-state index in [9.17, 15) is 26.7 Å². The van der Waals surface area contributed by atoms with Crippen molar-refractivity contribution in [3.05, 3.63) is 85.2 Å². The van der Waals surface area contributed by atoms with Crippen LogP contribution in [-0.4, -0.2) is 39.1 Å². The number of carbonyl (C=O) groups excluding carboxylic acids is 1. The highest BCUT2D eigenvalue weighted by Crippen LogP contribution is 2.27. The van der Waals surface area contributed by atoms with Gasteiger partial charge in [0, 0.05) is 18.8 Å². The summed E-state index contributed by atoms with van der Waals surface area (Å²) in [5.41, 5.74) is 0.865. The van der Waals surface area contributed by atoms with Crippen molar-refractivity contribution in [2.45, 2.75) is 18.7 Å². The van der Waals surface area contributed by atoms with E-state index in [2.05, 4.69) is 31.8 Å². The molecular formula is C22H18F5N5O2. The van der Waals surface area contributed by atoms with Crippen molar-refractivity contribution in [2.75, 3.05) is 6.54 Å². The van der Waals surface area contributed by atoms with Crippen LogP contribution in [0.5, 0.6) is 0 Å². The van der Waals surface area contributed by atoms with Gasteiger partial charge in [-0.25, -0.2) is 0 Å². The zero-order chi connectivity index (χ0) is 24.8. The number of aromatic nitrogens is 3. The molecule has 0 fully saturated rings. The Balaban J connectivity index is 1.81. The van der Waals surface area contributed by atoms with Crippen molar-refractivity contribution < 1.29 is 31.5 Å². The van der Waals surface area contributed by atoms with E-state index in [4.69, 9.17) is 0 Å². The van der Waals surface area contributed by atoms with E-state index in [0.717, 1.165) is 10.5 Å². The van der Waals surface area contributed by atoms with Crippen molar-refractivity contribution in [2.24, 2.45) is 4.99 Å². The fourth-order valence-corrected chi connectivity index (χ4v) is 2.87. The molecule has 34 heavy (non-hydrogen) atoms. The molecule has 1 amide bonds. The van der Waals surface area contributed by atoms with Crippen LogP contribution < -0.4 is 5.32 Å². The van der Waals surface area contributed by atoms with Gasteiger partial charge >= 0.3 is 12.3 Å². The van der Waals surface area contributed by atoms with Gasteiger partial charge in [0.15, 0.2) is 5.65 Å². The standard InChI is InChI=1S/C22H18F5N5O2/c1-2-15(7-6-12-34-22(25,26)27)16-9-10-18-30-31-20(32(18)13-16)21(23,24)14-29-19(33)17-8-4-3-5-11-28-17/h2-7,9-13H,1,8,14H2,(H,29,33)/b12-6+,15-7+. The molecule has 2 aromatic rings. The molecule has 3 rings (SSSR count). The molecule has 3 heterocycles. The minimum absolute atomic E-state index is 0.0810. The maximum atomic E-state index is 14.9. The molecule has 0 radical (unpaired) electrons. The number of rotatable bonds is 8. The van der Waals surface area contributed by atoms with Crippen LogP contribution in [0.1, 0.15) is 17.8 Å². The van der Waals surface area contributed by atoms with Gasteiger partial charge in [-0.05, 0) is 35.4 Å². The number of pyridine rings is 1. The van der Waals surface area contributed by atoms with E-state index in [-0.39, 0.29) is 17.8 Å². The summed E-state index contributed by atoms with van der Waals surface area (Å²) in [4.78, 5) is 16.1. The predicted octanol–water partition coefficient (Wildman–Crippen LogP) is 4.47. The van der Waals surface area contributed by atoms with Gasteiger partial charge < -0.3 is 10.1 Å². The Morgan fingerprint density at radius 1 is 1.21 bits per heavy atom. The van der Waals surface area contributed by atoms with E-state index in [1.54, 1.807) is 18.2 Å². The number of fused-ring (bicyclic) bond motifs is 1. The number of ether oxygens (including phenoxy) is 1. The molecule has 0 aromatic carbocycles. The van der Waals surface area contributed by atoms with Crippen molar-refractivity contribution in [3.63, 3.8) is 0 Å².